The Morgan fingerprint density at radius 3 is 2.38 bits per heavy atom. The van der Waals surface area contributed by atoms with E-state index in [-0.39, 0.29) is 6.04 Å². The molecule has 4 heteroatoms. The molecule has 112 valence electrons. The van der Waals surface area contributed by atoms with Gasteiger partial charge in [0.2, 0.25) is 0 Å². The second kappa shape index (κ2) is 6.76. The Hall–Kier alpha value is -1.81. The number of aryl methyl sites for hydroxylation is 2. The molecule has 2 nitrogen and oxygen atoms in total. The van der Waals surface area contributed by atoms with Crippen molar-refractivity contribution in [2.75, 3.05) is 6.54 Å². The van der Waals surface area contributed by atoms with Crippen LogP contribution < -0.4 is 5.32 Å². The highest BCUT2D eigenvalue weighted by Gasteiger charge is 2.19. The first-order valence-corrected chi connectivity index (χ1v) is 7.14. The number of hydrogen-bond donors (Lipinski definition) is 1. The summed E-state index contributed by atoms with van der Waals surface area (Å²) in [4.78, 5) is 4.34. The average molecular weight is 290 g/mol. The van der Waals surface area contributed by atoms with E-state index in [0.29, 0.717) is 5.56 Å². The summed E-state index contributed by atoms with van der Waals surface area (Å²) in [5.74, 6) is -0.839. The van der Waals surface area contributed by atoms with Crippen molar-refractivity contribution in [1.29, 1.82) is 0 Å². The molecule has 0 radical (unpaired) electrons. The fourth-order valence-corrected chi connectivity index (χ4v) is 2.47. The van der Waals surface area contributed by atoms with Gasteiger partial charge in [-0.05, 0) is 62.7 Å². The molecule has 1 N–H and O–H groups in total. The van der Waals surface area contributed by atoms with Crippen molar-refractivity contribution in [3.8, 4) is 0 Å². The maximum Gasteiger partial charge on any atom is 0.128 e. The quantitative estimate of drug-likeness (QED) is 0.898. The molecule has 0 aliphatic carbocycles. The number of benzene rings is 1. The molecule has 0 fully saturated rings. The van der Waals surface area contributed by atoms with E-state index in [2.05, 4.69) is 10.3 Å². The van der Waals surface area contributed by atoms with Crippen LogP contribution in [0.4, 0.5) is 8.78 Å². The predicted molar refractivity (Wildman–Crippen MR) is 80.2 cm³/mol. The lowest BCUT2D eigenvalue weighted by Gasteiger charge is -2.21. The van der Waals surface area contributed by atoms with E-state index in [0.717, 1.165) is 36.0 Å². The molecule has 1 aromatic heterocycles. The van der Waals surface area contributed by atoms with Gasteiger partial charge in [0.1, 0.15) is 11.6 Å². The number of pyridine rings is 1. The average Bonchev–Trinajstić information content (AvgIpc) is 2.42. The third-order valence-corrected chi connectivity index (χ3v) is 3.30. The highest BCUT2D eigenvalue weighted by atomic mass is 19.1. The van der Waals surface area contributed by atoms with Gasteiger partial charge >= 0.3 is 0 Å². The van der Waals surface area contributed by atoms with Gasteiger partial charge in [0.25, 0.3) is 0 Å². The maximum absolute atomic E-state index is 14.1. The number of aromatic nitrogens is 1. The van der Waals surface area contributed by atoms with Crippen LogP contribution in [0.2, 0.25) is 0 Å². The van der Waals surface area contributed by atoms with Crippen LogP contribution in [-0.4, -0.2) is 11.5 Å². The molecule has 0 spiro atoms. The minimum atomic E-state index is -0.433. The molecule has 0 saturated heterocycles. The van der Waals surface area contributed by atoms with Crippen molar-refractivity contribution in [3.63, 3.8) is 0 Å². The van der Waals surface area contributed by atoms with Gasteiger partial charge in [-0.1, -0.05) is 6.92 Å². The van der Waals surface area contributed by atoms with Gasteiger partial charge in [-0.15, -0.1) is 0 Å². The van der Waals surface area contributed by atoms with Crippen molar-refractivity contribution in [2.24, 2.45) is 0 Å². The fraction of sp³-hybridized carbons (Fsp3) is 0.353. The van der Waals surface area contributed by atoms with Crippen LogP contribution in [-0.2, 0) is 0 Å². The Morgan fingerprint density at radius 1 is 1.10 bits per heavy atom. The monoisotopic (exact) mass is 290 g/mol. The smallest absolute Gasteiger partial charge is 0.128 e. The topological polar surface area (TPSA) is 24.9 Å². The van der Waals surface area contributed by atoms with E-state index in [1.807, 2.05) is 32.9 Å². The van der Waals surface area contributed by atoms with E-state index in [4.69, 9.17) is 0 Å². The molecule has 0 amide bonds. The van der Waals surface area contributed by atoms with Crippen molar-refractivity contribution in [1.82, 2.24) is 10.3 Å². The minimum absolute atomic E-state index is 0.327. The molecule has 2 aromatic rings. The third-order valence-electron chi connectivity index (χ3n) is 3.30. The van der Waals surface area contributed by atoms with Crippen molar-refractivity contribution in [3.05, 3.63) is 64.5 Å². The number of nitrogens with zero attached hydrogens (tertiary/aromatic N) is 1. The van der Waals surface area contributed by atoms with Crippen molar-refractivity contribution in [2.45, 2.75) is 33.2 Å². The summed E-state index contributed by atoms with van der Waals surface area (Å²) in [6, 6.07) is 7.01. The zero-order valence-electron chi connectivity index (χ0n) is 12.6. The highest BCUT2D eigenvalue weighted by molar-refractivity contribution is 5.34. The Labute approximate surface area is 124 Å². The summed E-state index contributed by atoms with van der Waals surface area (Å²) < 4.78 is 27.6. The number of nitrogens with one attached hydrogen (secondary N) is 1. The second-order valence-electron chi connectivity index (χ2n) is 5.24. The van der Waals surface area contributed by atoms with Gasteiger partial charge < -0.3 is 5.32 Å². The Kier molecular flexibility index (Phi) is 5.02. The lowest BCUT2D eigenvalue weighted by Crippen LogP contribution is -2.24. The first-order chi connectivity index (χ1) is 10.0. The lowest BCUT2D eigenvalue weighted by molar-refractivity contribution is 0.534. The van der Waals surface area contributed by atoms with Crippen molar-refractivity contribution >= 4 is 0 Å². The molecule has 2 rings (SSSR count). The minimum Gasteiger partial charge on any atom is -0.306 e. The molecule has 1 heterocycles. The standard InChI is InChI=1S/C17H20F2N2/c1-4-7-20-17(13-8-11(2)21-12(3)9-13)15-10-14(18)5-6-16(15)19/h5-6,8-10,17,20H,4,7H2,1-3H3. The second-order valence-corrected chi connectivity index (χ2v) is 5.24. The third kappa shape index (κ3) is 3.85. The summed E-state index contributed by atoms with van der Waals surface area (Å²) in [6.45, 7) is 6.56. The summed E-state index contributed by atoms with van der Waals surface area (Å²) in [7, 11) is 0. The molecular weight excluding hydrogens is 270 g/mol. The summed E-state index contributed by atoms with van der Waals surface area (Å²) in [6.07, 6.45) is 0.913. The number of hydrogen-bond acceptors (Lipinski definition) is 2. The van der Waals surface area contributed by atoms with Crippen LogP contribution >= 0.6 is 0 Å². The van der Waals surface area contributed by atoms with Crippen molar-refractivity contribution < 1.29 is 8.78 Å². The van der Waals surface area contributed by atoms with E-state index >= 15 is 0 Å². The van der Waals surface area contributed by atoms with E-state index in [9.17, 15) is 8.78 Å². The van der Waals surface area contributed by atoms with Crippen LogP contribution in [0.25, 0.3) is 0 Å². The van der Waals surface area contributed by atoms with Gasteiger partial charge in [-0.2, -0.15) is 0 Å². The molecule has 1 atom stereocenters. The summed E-state index contributed by atoms with van der Waals surface area (Å²) in [5.41, 5.74) is 2.96. The van der Waals surface area contributed by atoms with Crippen LogP contribution in [0, 0.1) is 25.5 Å². The summed E-state index contributed by atoms with van der Waals surface area (Å²) in [5, 5.41) is 3.29. The Bertz CT molecular complexity index is 606. The van der Waals surface area contributed by atoms with Crippen LogP contribution in [0.15, 0.2) is 30.3 Å². The van der Waals surface area contributed by atoms with Crippen LogP contribution in [0.1, 0.15) is 41.9 Å². The largest absolute Gasteiger partial charge is 0.306 e. The molecule has 1 aromatic carbocycles. The van der Waals surface area contributed by atoms with Gasteiger partial charge in [0.15, 0.2) is 0 Å². The molecule has 0 bridgehead atoms. The number of halogens is 2. The predicted octanol–water partition coefficient (Wildman–Crippen LogP) is 4.07. The highest BCUT2D eigenvalue weighted by Crippen LogP contribution is 2.26. The fourth-order valence-electron chi connectivity index (χ4n) is 2.47. The molecule has 21 heavy (non-hydrogen) atoms. The zero-order valence-corrected chi connectivity index (χ0v) is 12.6. The van der Waals surface area contributed by atoms with Gasteiger partial charge in [0, 0.05) is 17.0 Å². The molecule has 0 aliphatic heterocycles. The first-order valence-electron chi connectivity index (χ1n) is 7.14. The van der Waals surface area contributed by atoms with Gasteiger partial charge in [-0.3, -0.25) is 4.98 Å². The van der Waals surface area contributed by atoms with Crippen LogP contribution in [0.3, 0.4) is 0 Å². The number of rotatable bonds is 5. The maximum atomic E-state index is 14.1. The Morgan fingerprint density at radius 2 is 1.76 bits per heavy atom. The molecule has 1 unspecified atom stereocenters. The molecule has 0 aliphatic rings. The SMILES string of the molecule is CCCNC(c1cc(C)nc(C)c1)c1cc(F)ccc1F. The zero-order chi connectivity index (χ0) is 15.4. The van der Waals surface area contributed by atoms with E-state index in [1.54, 1.807) is 0 Å². The molecular formula is C17H20F2N2. The Balaban J connectivity index is 2.49. The van der Waals surface area contributed by atoms with E-state index in [1.165, 1.54) is 12.1 Å². The first kappa shape index (κ1) is 15.6. The van der Waals surface area contributed by atoms with Gasteiger partial charge in [0.05, 0.1) is 6.04 Å². The molecule has 0 saturated carbocycles. The normalized spacial score (nSPS) is 12.4. The lowest BCUT2D eigenvalue weighted by atomic mass is 9.97. The van der Waals surface area contributed by atoms with E-state index < -0.39 is 11.6 Å². The van der Waals surface area contributed by atoms with Crippen LogP contribution in [0.5, 0.6) is 0 Å². The van der Waals surface area contributed by atoms with Gasteiger partial charge in [-0.25, -0.2) is 8.78 Å². The summed E-state index contributed by atoms with van der Waals surface area (Å²) >= 11 is 0.